The van der Waals surface area contributed by atoms with Crippen LogP contribution in [0.1, 0.15) is 24.6 Å². The van der Waals surface area contributed by atoms with Crippen molar-refractivity contribution in [3.05, 3.63) is 47.8 Å². The summed E-state index contributed by atoms with van der Waals surface area (Å²) in [7, 11) is 0. The first-order valence-electron chi connectivity index (χ1n) is 7.57. The first kappa shape index (κ1) is 16.4. The second-order valence-corrected chi connectivity index (χ2v) is 5.91. The molecule has 24 heavy (non-hydrogen) atoms. The van der Waals surface area contributed by atoms with Crippen molar-refractivity contribution in [3.8, 4) is 0 Å². The number of anilines is 1. The van der Waals surface area contributed by atoms with Gasteiger partial charge in [0.2, 0.25) is 0 Å². The smallest absolute Gasteiger partial charge is 0.320 e. The maximum atomic E-state index is 13.7. The number of aromatic amines is 1. The predicted octanol–water partition coefficient (Wildman–Crippen LogP) is 3.35. The summed E-state index contributed by atoms with van der Waals surface area (Å²) >= 11 is 0. The average Bonchev–Trinajstić information content (AvgIpc) is 3.03. The van der Waals surface area contributed by atoms with Crippen LogP contribution in [0.5, 0.6) is 0 Å². The number of carbonyl (C=O) groups is 1. The summed E-state index contributed by atoms with van der Waals surface area (Å²) < 4.78 is 41.1. The fourth-order valence-corrected chi connectivity index (χ4v) is 2.83. The van der Waals surface area contributed by atoms with E-state index < -0.39 is 17.7 Å². The predicted molar refractivity (Wildman–Crippen MR) is 82.6 cm³/mol. The minimum absolute atomic E-state index is 0.0183. The summed E-state index contributed by atoms with van der Waals surface area (Å²) in [6.07, 6.45) is -1.80. The van der Waals surface area contributed by atoms with E-state index in [0.29, 0.717) is 25.1 Å². The van der Waals surface area contributed by atoms with Crippen molar-refractivity contribution >= 4 is 11.7 Å². The Morgan fingerprint density at radius 2 is 2.00 bits per heavy atom. The maximum absolute atomic E-state index is 13.7. The highest BCUT2D eigenvalue weighted by atomic mass is 19.4. The SMILES string of the molecule is CC(NC(=O)N1CCCc2[nH]ncc21)(c1ccccc1)C(F)(F)F. The third-order valence-corrected chi connectivity index (χ3v) is 4.31. The molecule has 0 saturated carbocycles. The summed E-state index contributed by atoms with van der Waals surface area (Å²) in [5.41, 5.74) is -1.22. The molecule has 0 spiro atoms. The van der Waals surface area contributed by atoms with Gasteiger partial charge in [0.15, 0.2) is 5.54 Å². The molecule has 0 fully saturated rings. The number of hydrogen-bond acceptors (Lipinski definition) is 2. The lowest BCUT2D eigenvalue weighted by Crippen LogP contribution is -2.57. The fraction of sp³-hybridized carbons (Fsp3) is 0.375. The number of aryl methyl sites for hydroxylation is 1. The quantitative estimate of drug-likeness (QED) is 0.882. The average molecular weight is 338 g/mol. The number of urea groups is 1. The molecular formula is C16H17F3N4O. The minimum atomic E-state index is -4.64. The van der Waals surface area contributed by atoms with Crippen LogP contribution in [0.25, 0.3) is 0 Å². The van der Waals surface area contributed by atoms with Crippen LogP contribution in [-0.4, -0.2) is 28.9 Å². The van der Waals surface area contributed by atoms with Crippen molar-refractivity contribution in [2.24, 2.45) is 0 Å². The van der Waals surface area contributed by atoms with Gasteiger partial charge in [0.1, 0.15) is 0 Å². The van der Waals surface area contributed by atoms with Crippen LogP contribution in [0, 0.1) is 0 Å². The zero-order chi connectivity index (χ0) is 17.4. The van der Waals surface area contributed by atoms with Gasteiger partial charge < -0.3 is 5.32 Å². The first-order chi connectivity index (χ1) is 11.3. The third-order valence-electron chi connectivity index (χ3n) is 4.31. The maximum Gasteiger partial charge on any atom is 0.415 e. The molecule has 1 atom stereocenters. The molecule has 2 amide bonds. The molecule has 0 aliphatic carbocycles. The number of nitrogens with one attached hydrogen (secondary N) is 2. The Bertz CT molecular complexity index is 728. The number of halogens is 3. The normalized spacial score (nSPS) is 17.1. The lowest BCUT2D eigenvalue weighted by molar-refractivity contribution is -0.191. The molecule has 0 radical (unpaired) electrons. The third kappa shape index (κ3) is 2.72. The van der Waals surface area contributed by atoms with Crippen molar-refractivity contribution in [2.45, 2.75) is 31.5 Å². The summed E-state index contributed by atoms with van der Waals surface area (Å²) in [5.74, 6) is 0. The minimum Gasteiger partial charge on any atom is -0.320 e. The van der Waals surface area contributed by atoms with E-state index in [-0.39, 0.29) is 5.56 Å². The Labute approximate surface area is 136 Å². The van der Waals surface area contributed by atoms with Gasteiger partial charge in [0.05, 0.1) is 17.6 Å². The molecular weight excluding hydrogens is 321 g/mol. The Morgan fingerprint density at radius 1 is 1.29 bits per heavy atom. The Hall–Kier alpha value is -2.51. The molecule has 1 aliphatic heterocycles. The molecule has 0 saturated heterocycles. The summed E-state index contributed by atoms with van der Waals surface area (Å²) in [6.45, 7) is 1.32. The summed E-state index contributed by atoms with van der Waals surface area (Å²) in [4.78, 5) is 13.9. The van der Waals surface area contributed by atoms with Crippen molar-refractivity contribution < 1.29 is 18.0 Å². The molecule has 2 aromatic rings. The molecule has 2 N–H and O–H groups in total. The Balaban J connectivity index is 1.91. The second-order valence-electron chi connectivity index (χ2n) is 5.91. The molecule has 0 bridgehead atoms. The number of carbonyl (C=O) groups excluding carboxylic acids is 1. The highest BCUT2D eigenvalue weighted by molar-refractivity contribution is 5.93. The van der Waals surface area contributed by atoms with Gasteiger partial charge in [-0.05, 0) is 25.3 Å². The van der Waals surface area contributed by atoms with Crippen LogP contribution in [0.4, 0.5) is 23.7 Å². The summed E-state index contributed by atoms with van der Waals surface area (Å²) in [6, 6.07) is 6.58. The van der Waals surface area contributed by atoms with E-state index in [9.17, 15) is 18.0 Å². The molecule has 1 unspecified atom stereocenters. The van der Waals surface area contributed by atoms with Gasteiger partial charge in [-0.1, -0.05) is 30.3 Å². The van der Waals surface area contributed by atoms with E-state index in [4.69, 9.17) is 0 Å². The number of hydrogen-bond donors (Lipinski definition) is 2. The monoisotopic (exact) mass is 338 g/mol. The highest BCUT2D eigenvalue weighted by Gasteiger charge is 2.54. The van der Waals surface area contributed by atoms with Gasteiger partial charge in [-0.2, -0.15) is 18.3 Å². The van der Waals surface area contributed by atoms with Gasteiger partial charge in [0.25, 0.3) is 0 Å². The van der Waals surface area contributed by atoms with E-state index in [1.54, 1.807) is 6.07 Å². The second kappa shape index (κ2) is 5.85. The van der Waals surface area contributed by atoms with Crippen molar-refractivity contribution in [2.75, 3.05) is 11.4 Å². The standard InChI is InChI=1S/C16H17F3N4O/c1-15(16(17,18)19,11-6-3-2-4-7-11)21-14(24)23-9-5-8-12-13(23)10-20-22-12/h2-4,6-7,10H,5,8-9H2,1H3,(H,20,22)(H,21,24). The summed E-state index contributed by atoms with van der Waals surface area (Å²) in [5, 5.41) is 8.81. The van der Waals surface area contributed by atoms with E-state index in [1.165, 1.54) is 35.4 Å². The molecule has 1 aliphatic rings. The number of H-pyrrole nitrogens is 1. The lowest BCUT2D eigenvalue weighted by Gasteiger charge is -2.36. The number of alkyl halides is 3. The largest absolute Gasteiger partial charge is 0.415 e. The Morgan fingerprint density at radius 3 is 2.67 bits per heavy atom. The number of amides is 2. The van der Waals surface area contributed by atoms with Crippen LogP contribution in [0.2, 0.25) is 0 Å². The van der Waals surface area contributed by atoms with Gasteiger partial charge in [-0.3, -0.25) is 10.00 Å². The zero-order valence-electron chi connectivity index (χ0n) is 13.0. The van der Waals surface area contributed by atoms with Crippen LogP contribution in [0.15, 0.2) is 36.5 Å². The fourth-order valence-electron chi connectivity index (χ4n) is 2.83. The molecule has 8 heteroatoms. The van der Waals surface area contributed by atoms with Crippen LogP contribution >= 0.6 is 0 Å². The van der Waals surface area contributed by atoms with Gasteiger partial charge in [-0.25, -0.2) is 4.79 Å². The van der Waals surface area contributed by atoms with Crippen molar-refractivity contribution in [1.29, 1.82) is 0 Å². The molecule has 3 rings (SSSR count). The molecule has 1 aromatic carbocycles. The number of rotatable bonds is 2. The van der Waals surface area contributed by atoms with Crippen LogP contribution in [-0.2, 0) is 12.0 Å². The van der Waals surface area contributed by atoms with Crippen molar-refractivity contribution in [1.82, 2.24) is 15.5 Å². The van der Waals surface area contributed by atoms with E-state index in [1.807, 2.05) is 0 Å². The van der Waals surface area contributed by atoms with Crippen LogP contribution < -0.4 is 10.2 Å². The topological polar surface area (TPSA) is 61.0 Å². The lowest BCUT2D eigenvalue weighted by atomic mass is 9.91. The molecule has 2 heterocycles. The zero-order valence-corrected chi connectivity index (χ0v) is 13.0. The number of nitrogens with zero attached hydrogens (tertiary/aromatic N) is 2. The van der Waals surface area contributed by atoms with Crippen molar-refractivity contribution in [3.63, 3.8) is 0 Å². The number of aromatic nitrogens is 2. The van der Waals surface area contributed by atoms with Gasteiger partial charge in [0, 0.05) is 6.54 Å². The molecule has 1 aromatic heterocycles. The van der Waals surface area contributed by atoms with Gasteiger partial charge in [-0.15, -0.1) is 0 Å². The van der Waals surface area contributed by atoms with E-state index in [0.717, 1.165) is 12.6 Å². The number of fused-ring (bicyclic) bond motifs is 1. The molecule has 128 valence electrons. The highest BCUT2D eigenvalue weighted by Crippen LogP contribution is 2.39. The number of benzene rings is 1. The van der Waals surface area contributed by atoms with Gasteiger partial charge >= 0.3 is 12.2 Å². The molecule has 5 nitrogen and oxygen atoms in total. The van der Waals surface area contributed by atoms with Crippen LogP contribution in [0.3, 0.4) is 0 Å². The van der Waals surface area contributed by atoms with E-state index >= 15 is 0 Å². The first-order valence-corrected chi connectivity index (χ1v) is 7.57. The Kier molecular flexibility index (Phi) is 3.98. The van der Waals surface area contributed by atoms with E-state index in [2.05, 4.69) is 15.5 Å².